The van der Waals surface area contributed by atoms with Crippen LogP contribution in [0.4, 0.5) is 4.39 Å². The summed E-state index contributed by atoms with van der Waals surface area (Å²) in [6.07, 6.45) is 3.76. The highest BCUT2D eigenvalue weighted by molar-refractivity contribution is 14.0. The Balaban J connectivity index is 0.00000243. The van der Waals surface area contributed by atoms with Crippen LogP contribution in [0.2, 0.25) is 0 Å². The van der Waals surface area contributed by atoms with Crippen molar-refractivity contribution in [1.29, 1.82) is 0 Å². The molecule has 1 aliphatic rings. The van der Waals surface area contributed by atoms with Gasteiger partial charge in [-0.2, -0.15) is 5.10 Å². The summed E-state index contributed by atoms with van der Waals surface area (Å²) in [4.78, 5) is 6.77. The van der Waals surface area contributed by atoms with Gasteiger partial charge in [0.05, 0.1) is 25.9 Å². The van der Waals surface area contributed by atoms with Crippen LogP contribution in [0, 0.1) is 5.82 Å². The van der Waals surface area contributed by atoms with Crippen molar-refractivity contribution in [3.8, 4) is 0 Å². The van der Waals surface area contributed by atoms with E-state index in [4.69, 9.17) is 4.74 Å². The zero-order chi connectivity index (χ0) is 17.6. The lowest BCUT2D eigenvalue weighted by Gasteiger charge is -2.34. The number of aryl methyl sites for hydroxylation is 1. The van der Waals surface area contributed by atoms with E-state index in [1.54, 1.807) is 16.8 Å². The molecule has 26 heavy (non-hydrogen) atoms. The van der Waals surface area contributed by atoms with Crippen LogP contribution in [0.25, 0.3) is 0 Å². The molecule has 3 rings (SSSR count). The molecule has 142 valence electrons. The van der Waals surface area contributed by atoms with Gasteiger partial charge in [0.2, 0.25) is 0 Å². The molecule has 2 heterocycles. The number of halogens is 2. The summed E-state index contributed by atoms with van der Waals surface area (Å²) in [6, 6.07) is 6.74. The van der Waals surface area contributed by atoms with E-state index in [2.05, 4.69) is 20.3 Å². The number of aromatic nitrogens is 2. The first-order chi connectivity index (χ1) is 12.2. The van der Waals surface area contributed by atoms with Crippen LogP contribution in [0.3, 0.4) is 0 Å². The highest BCUT2D eigenvalue weighted by atomic mass is 127. The number of aliphatic imine (C=N–C) groups is 1. The first-order valence-corrected chi connectivity index (χ1v) is 8.54. The second-order valence-corrected chi connectivity index (χ2v) is 6.01. The number of hydrogen-bond acceptors (Lipinski definition) is 3. The number of benzene rings is 1. The minimum atomic E-state index is -0.225. The monoisotopic (exact) mass is 473 g/mol. The summed E-state index contributed by atoms with van der Waals surface area (Å²) >= 11 is 0. The zero-order valence-corrected chi connectivity index (χ0v) is 17.4. The fourth-order valence-electron chi connectivity index (χ4n) is 2.86. The third-order valence-electron chi connectivity index (χ3n) is 4.15. The van der Waals surface area contributed by atoms with Gasteiger partial charge >= 0.3 is 0 Å². The Hall–Kier alpha value is -1.68. The van der Waals surface area contributed by atoms with E-state index in [1.807, 2.05) is 32.4 Å². The highest BCUT2D eigenvalue weighted by Crippen LogP contribution is 2.21. The second kappa shape index (κ2) is 9.86. The largest absolute Gasteiger partial charge is 0.370 e. The molecule has 0 radical (unpaired) electrons. The third kappa shape index (κ3) is 5.16. The Kier molecular flexibility index (Phi) is 7.83. The predicted molar refractivity (Wildman–Crippen MR) is 110 cm³/mol. The van der Waals surface area contributed by atoms with E-state index in [1.165, 1.54) is 6.07 Å². The zero-order valence-electron chi connectivity index (χ0n) is 15.1. The predicted octanol–water partition coefficient (Wildman–Crippen LogP) is 2.72. The molecule has 1 aliphatic heterocycles. The number of nitrogens with one attached hydrogen (secondary N) is 1. The molecular weight excluding hydrogens is 448 g/mol. The van der Waals surface area contributed by atoms with E-state index in [-0.39, 0.29) is 35.9 Å². The molecule has 0 spiro atoms. The Bertz CT molecular complexity index is 736. The topological polar surface area (TPSA) is 54.7 Å². The number of morpholine rings is 1. The number of ether oxygens (including phenoxy) is 1. The van der Waals surface area contributed by atoms with Crippen molar-refractivity contribution < 1.29 is 9.13 Å². The summed E-state index contributed by atoms with van der Waals surface area (Å²) in [5.41, 5.74) is 1.65. The van der Waals surface area contributed by atoms with Gasteiger partial charge in [-0.15, -0.1) is 24.0 Å². The summed E-state index contributed by atoms with van der Waals surface area (Å²) < 4.78 is 21.5. The Morgan fingerprint density at radius 2 is 2.23 bits per heavy atom. The minimum Gasteiger partial charge on any atom is -0.370 e. The van der Waals surface area contributed by atoms with E-state index in [0.29, 0.717) is 25.3 Å². The molecule has 1 aromatic carbocycles. The third-order valence-corrected chi connectivity index (χ3v) is 4.15. The maximum Gasteiger partial charge on any atom is 0.194 e. The van der Waals surface area contributed by atoms with Gasteiger partial charge in [0, 0.05) is 37.5 Å². The molecule has 1 atom stereocenters. The molecule has 1 saturated heterocycles. The molecule has 0 bridgehead atoms. The fraction of sp³-hybridized carbons (Fsp3) is 0.444. The molecule has 1 aromatic heterocycles. The quantitative estimate of drug-likeness (QED) is 0.422. The van der Waals surface area contributed by atoms with Crippen LogP contribution in [0.15, 0.2) is 41.7 Å². The molecule has 0 aliphatic carbocycles. The molecular formula is C18H25FIN5O. The average molecular weight is 473 g/mol. The van der Waals surface area contributed by atoms with Crippen molar-refractivity contribution in [1.82, 2.24) is 20.0 Å². The van der Waals surface area contributed by atoms with Crippen LogP contribution < -0.4 is 5.32 Å². The standard InChI is InChI=1S/C18H24FN5O.HI/c1-3-20-18(21-10-14-6-4-5-7-16(14)19)24-8-9-25-17(13-24)15-11-22-23(2)12-15;/h4-7,11-12,17H,3,8-10,13H2,1-2H3,(H,20,21);1H. The molecule has 8 heteroatoms. The smallest absolute Gasteiger partial charge is 0.194 e. The van der Waals surface area contributed by atoms with Crippen molar-refractivity contribution >= 4 is 29.9 Å². The number of nitrogens with zero attached hydrogens (tertiary/aromatic N) is 4. The molecule has 1 N–H and O–H groups in total. The second-order valence-electron chi connectivity index (χ2n) is 6.01. The molecule has 0 saturated carbocycles. The lowest BCUT2D eigenvalue weighted by Crippen LogP contribution is -2.48. The first-order valence-electron chi connectivity index (χ1n) is 8.54. The molecule has 1 unspecified atom stereocenters. The van der Waals surface area contributed by atoms with Gasteiger partial charge in [-0.1, -0.05) is 18.2 Å². The average Bonchev–Trinajstić information content (AvgIpc) is 3.06. The van der Waals surface area contributed by atoms with Gasteiger partial charge in [-0.3, -0.25) is 4.68 Å². The molecule has 2 aromatic rings. The maximum absolute atomic E-state index is 13.8. The van der Waals surface area contributed by atoms with Crippen LogP contribution in [0.1, 0.15) is 24.2 Å². The van der Waals surface area contributed by atoms with Crippen LogP contribution in [-0.4, -0.2) is 46.9 Å². The first kappa shape index (κ1) is 20.6. The molecule has 0 amide bonds. The lowest BCUT2D eigenvalue weighted by molar-refractivity contribution is -0.00805. The Labute approximate surface area is 170 Å². The van der Waals surface area contributed by atoms with E-state index in [0.717, 1.165) is 24.6 Å². The van der Waals surface area contributed by atoms with Gasteiger partial charge in [-0.05, 0) is 13.0 Å². The van der Waals surface area contributed by atoms with E-state index in [9.17, 15) is 4.39 Å². The Morgan fingerprint density at radius 1 is 1.42 bits per heavy atom. The van der Waals surface area contributed by atoms with Crippen LogP contribution in [0.5, 0.6) is 0 Å². The summed E-state index contributed by atoms with van der Waals surface area (Å²) in [6.45, 7) is 5.14. The van der Waals surface area contributed by atoms with E-state index >= 15 is 0 Å². The lowest BCUT2D eigenvalue weighted by atomic mass is 10.1. The SMILES string of the molecule is CCNC(=NCc1ccccc1F)N1CCOC(c2cnn(C)c2)C1.I. The van der Waals surface area contributed by atoms with Gasteiger partial charge in [0.1, 0.15) is 11.9 Å². The molecule has 1 fully saturated rings. The number of guanidine groups is 1. The van der Waals surface area contributed by atoms with Crippen LogP contribution in [-0.2, 0) is 18.3 Å². The van der Waals surface area contributed by atoms with Gasteiger partial charge in [-0.25, -0.2) is 9.38 Å². The highest BCUT2D eigenvalue weighted by Gasteiger charge is 2.25. The minimum absolute atomic E-state index is 0. The van der Waals surface area contributed by atoms with Gasteiger partial charge in [0.25, 0.3) is 0 Å². The van der Waals surface area contributed by atoms with Crippen LogP contribution >= 0.6 is 24.0 Å². The van der Waals surface area contributed by atoms with E-state index < -0.39 is 0 Å². The number of hydrogen-bond donors (Lipinski definition) is 1. The van der Waals surface area contributed by atoms with Gasteiger partial charge in [0.15, 0.2) is 5.96 Å². The summed E-state index contributed by atoms with van der Waals surface area (Å²) in [7, 11) is 1.89. The summed E-state index contributed by atoms with van der Waals surface area (Å²) in [5.74, 6) is 0.556. The fourth-order valence-corrected chi connectivity index (χ4v) is 2.86. The molecule has 6 nitrogen and oxygen atoms in total. The van der Waals surface area contributed by atoms with Crippen molar-refractivity contribution in [2.45, 2.75) is 19.6 Å². The number of rotatable bonds is 4. The van der Waals surface area contributed by atoms with Crippen molar-refractivity contribution in [2.24, 2.45) is 12.0 Å². The summed E-state index contributed by atoms with van der Waals surface area (Å²) in [5, 5.41) is 7.51. The Morgan fingerprint density at radius 3 is 2.92 bits per heavy atom. The van der Waals surface area contributed by atoms with Crippen molar-refractivity contribution in [2.75, 3.05) is 26.2 Å². The normalized spacial score (nSPS) is 17.7. The maximum atomic E-state index is 13.8. The van der Waals surface area contributed by atoms with Crippen molar-refractivity contribution in [3.63, 3.8) is 0 Å². The van der Waals surface area contributed by atoms with Crippen molar-refractivity contribution in [3.05, 3.63) is 53.6 Å². The van der Waals surface area contributed by atoms with Gasteiger partial charge < -0.3 is 15.0 Å².